The molecule has 0 bridgehead atoms. The van der Waals surface area contributed by atoms with Crippen LogP contribution in [0.3, 0.4) is 0 Å². The van der Waals surface area contributed by atoms with Crippen molar-refractivity contribution in [1.82, 2.24) is 0 Å². The predicted molar refractivity (Wildman–Crippen MR) is 33.0 cm³/mol. The first kappa shape index (κ1) is 7.98. The number of rotatable bonds is 3. The molecule has 0 aliphatic heterocycles. The summed E-state index contributed by atoms with van der Waals surface area (Å²) in [6.45, 7) is 1.39. The molecule has 0 aliphatic rings. The highest BCUT2D eigenvalue weighted by molar-refractivity contribution is 6.33. The third kappa shape index (κ3) is 5.98. The second kappa shape index (κ2) is 5.12. The first-order valence-electron chi connectivity index (χ1n) is 2.23. The molecule has 2 radical (unpaired) electrons. The number of carbonyl (C=O) groups excluding carboxylic acids is 1. The minimum absolute atomic E-state index is 0.228. The molecule has 0 atom stereocenters. The molecular formula is C4H7ClO2Si. The number of carbonyl (C=O) groups is 1. The molecule has 8 heavy (non-hydrogen) atoms. The van der Waals surface area contributed by atoms with Crippen LogP contribution in [0.5, 0.6) is 0 Å². The Hall–Kier alpha value is -0.0231. The molecule has 0 heterocycles. The zero-order valence-corrected chi connectivity index (χ0v) is 6.36. The van der Waals surface area contributed by atoms with E-state index in [1.165, 1.54) is 6.92 Å². The highest BCUT2D eigenvalue weighted by Gasteiger charge is 1.92. The van der Waals surface area contributed by atoms with Gasteiger partial charge in [-0.15, -0.1) is 11.6 Å². The van der Waals surface area contributed by atoms with Gasteiger partial charge < -0.3 is 4.43 Å². The number of hydrogen-bond acceptors (Lipinski definition) is 2. The fourth-order valence-corrected chi connectivity index (χ4v) is 0.805. The van der Waals surface area contributed by atoms with Gasteiger partial charge >= 0.3 is 9.76 Å². The van der Waals surface area contributed by atoms with Gasteiger partial charge in [0.05, 0.1) is 0 Å². The zero-order chi connectivity index (χ0) is 6.41. The largest absolute Gasteiger partial charge is 0.517 e. The Morgan fingerprint density at radius 2 is 2.50 bits per heavy atom. The van der Waals surface area contributed by atoms with E-state index in [0.29, 0.717) is 5.88 Å². The van der Waals surface area contributed by atoms with Crippen LogP contribution < -0.4 is 0 Å². The van der Waals surface area contributed by atoms with Crippen molar-refractivity contribution in [2.75, 3.05) is 5.88 Å². The van der Waals surface area contributed by atoms with E-state index in [1.54, 1.807) is 0 Å². The van der Waals surface area contributed by atoms with Crippen LogP contribution in [0.15, 0.2) is 0 Å². The fraction of sp³-hybridized carbons (Fsp3) is 0.750. The van der Waals surface area contributed by atoms with Crippen LogP contribution in [0.2, 0.25) is 6.04 Å². The van der Waals surface area contributed by atoms with Crippen molar-refractivity contribution >= 4 is 27.3 Å². The summed E-state index contributed by atoms with van der Waals surface area (Å²) >= 11 is 5.30. The van der Waals surface area contributed by atoms with E-state index in [2.05, 4.69) is 4.43 Å². The molecule has 0 aliphatic carbocycles. The number of halogens is 1. The van der Waals surface area contributed by atoms with Crippen LogP contribution in [0.25, 0.3) is 0 Å². The Morgan fingerprint density at radius 3 is 2.88 bits per heavy atom. The summed E-state index contributed by atoms with van der Waals surface area (Å²) < 4.78 is 4.59. The third-order valence-electron chi connectivity index (χ3n) is 0.412. The van der Waals surface area contributed by atoms with Crippen LogP contribution in [0, 0.1) is 0 Å². The highest BCUT2D eigenvalue weighted by Crippen LogP contribution is 1.84. The number of hydrogen-bond donors (Lipinski definition) is 0. The summed E-state index contributed by atoms with van der Waals surface area (Å²) in [6.07, 6.45) is 0. The highest BCUT2D eigenvalue weighted by atomic mass is 35.5. The third-order valence-corrected chi connectivity index (χ3v) is 1.80. The second-order valence-corrected chi connectivity index (χ2v) is 2.55. The molecule has 0 aromatic heterocycles. The maximum Gasteiger partial charge on any atom is 0.315 e. The molecule has 0 rings (SSSR count). The molecule has 0 saturated carbocycles. The van der Waals surface area contributed by atoms with Crippen LogP contribution in [-0.4, -0.2) is 21.6 Å². The molecule has 0 unspecified atom stereocenters. The molecule has 0 saturated heterocycles. The smallest absolute Gasteiger partial charge is 0.315 e. The average Bonchev–Trinajstić information content (AvgIpc) is 1.66. The van der Waals surface area contributed by atoms with Crippen LogP contribution in [-0.2, 0) is 9.22 Å². The maximum absolute atomic E-state index is 10.1. The minimum Gasteiger partial charge on any atom is -0.517 e. The molecular weight excluding hydrogens is 144 g/mol. The lowest BCUT2D eigenvalue weighted by Crippen LogP contribution is -2.03. The van der Waals surface area contributed by atoms with E-state index in [-0.39, 0.29) is 15.7 Å². The Morgan fingerprint density at radius 1 is 1.88 bits per heavy atom. The molecule has 0 spiro atoms. The minimum atomic E-state index is -0.228. The van der Waals surface area contributed by atoms with Crippen molar-refractivity contribution in [3.8, 4) is 0 Å². The first-order chi connectivity index (χ1) is 3.77. The molecule has 0 N–H and O–H groups in total. The summed E-state index contributed by atoms with van der Waals surface area (Å²) in [5.41, 5.74) is 0. The second-order valence-electron chi connectivity index (χ2n) is 1.18. The molecule has 0 fully saturated rings. The Bertz CT molecular complexity index is 76.4. The van der Waals surface area contributed by atoms with Gasteiger partial charge in [0.25, 0.3) is 5.97 Å². The van der Waals surface area contributed by atoms with Crippen LogP contribution in [0.1, 0.15) is 6.92 Å². The summed E-state index contributed by atoms with van der Waals surface area (Å²) in [5.74, 6) is 0.333. The van der Waals surface area contributed by atoms with Gasteiger partial charge in [0.1, 0.15) is 0 Å². The van der Waals surface area contributed by atoms with E-state index in [4.69, 9.17) is 11.6 Å². The van der Waals surface area contributed by atoms with E-state index in [1.807, 2.05) is 0 Å². The Labute approximate surface area is 56.1 Å². The van der Waals surface area contributed by atoms with Crippen molar-refractivity contribution in [3.05, 3.63) is 0 Å². The lowest BCUT2D eigenvalue weighted by molar-refractivity contribution is -0.131. The van der Waals surface area contributed by atoms with Gasteiger partial charge in [-0.05, 0) is 6.04 Å². The van der Waals surface area contributed by atoms with Gasteiger partial charge in [-0.2, -0.15) is 0 Å². The lowest BCUT2D eigenvalue weighted by Gasteiger charge is -1.93. The topological polar surface area (TPSA) is 26.3 Å². The maximum atomic E-state index is 10.1. The Balaban J connectivity index is 2.82. The van der Waals surface area contributed by atoms with Gasteiger partial charge in [-0.25, -0.2) is 0 Å². The van der Waals surface area contributed by atoms with Crippen molar-refractivity contribution in [1.29, 1.82) is 0 Å². The van der Waals surface area contributed by atoms with Crippen molar-refractivity contribution in [3.63, 3.8) is 0 Å². The first-order valence-corrected chi connectivity index (χ1v) is 3.88. The molecule has 0 aromatic rings. The molecule has 0 aromatic carbocycles. The normalized spacial score (nSPS) is 8.75. The van der Waals surface area contributed by atoms with Gasteiger partial charge in [-0.1, -0.05) is 0 Å². The summed E-state index contributed by atoms with van der Waals surface area (Å²) in [5, 5.41) is 0. The predicted octanol–water partition coefficient (Wildman–Crippen LogP) is 0.826. The average molecular weight is 151 g/mol. The fourth-order valence-electron chi connectivity index (χ4n) is 0.191. The summed E-state index contributed by atoms with van der Waals surface area (Å²) in [7, 11) is 0.231. The van der Waals surface area contributed by atoms with Crippen molar-refractivity contribution in [2.24, 2.45) is 0 Å². The van der Waals surface area contributed by atoms with Gasteiger partial charge in [0, 0.05) is 12.8 Å². The molecule has 4 heteroatoms. The van der Waals surface area contributed by atoms with Gasteiger partial charge in [0.2, 0.25) is 0 Å². The molecule has 2 nitrogen and oxygen atoms in total. The SMILES string of the molecule is CC(=O)O[Si]CCCl. The van der Waals surface area contributed by atoms with E-state index >= 15 is 0 Å². The summed E-state index contributed by atoms with van der Waals surface area (Å²) in [6, 6.07) is 0.765. The quantitative estimate of drug-likeness (QED) is 0.339. The van der Waals surface area contributed by atoms with E-state index in [9.17, 15) is 4.79 Å². The van der Waals surface area contributed by atoms with Gasteiger partial charge in [0.15, 0.2) is 0 Å². The van der Waals surface area contributed by atoms with E-state index < -0.39 is 0 Å². The molecule has 46 valence electrons. The van der Waals surface area contributed by atoms with E-state index in [0.717, 1.165) is 6.04 Å². The lowest BCUT2D eigenvalue weighted by atomic mass is 10.9. The summed E-state index contributed by atoms with van der Waals surface area (Å²) in [4.78, 5) is 10.1. The van der Waals surface area contributed by atoms with Crippen molar-refractivity contribution in [2.45, 2.75) is 13.0 Å². The van der Waals surface area contributed by atoms with Crippen LogP contribution in [0.4, 0.5) is 0 Å². The monoisotopic (exact) mass is 150 g/mol. The molecule has 0 amide bonds. The number of alkyl halides is 1. The Kier molecular flexibility index (Phi) is 5.11. The standard InChI is InChI=1S/C4H7ClO2Si/c1-4(6)7-8-3-2-5/h2-3H2,1H3. The zero-order valence-electron chi connectivity index (χ0n) is 4.61. The van der Waals surface area contributed by atoms with Crippen LogP contribution >= 0.6 is 11.6 Å². The van der Waals surface area contributed by atoms with Gasteiger partial charge in [-0.3, -0.25) is 4.79 Å². The van der Waals surface area contributed by atoms with Crippen molar-refractivity contribution < 1.29 is 9.22 Å².